The molecule has 6 heteroatoms. The van der Waals surface area contributed by atoms with Crippen molar-refractivity contribution in [1.29, 1.82) is 0 Å². The highest BCUT2D eigenvalue weighted by atomic mass is 16.4. The predicted molar refractivity (Wildman–Crippen MR) is 63.9 cm³/mol. The summed E-state index contributed by atoms with van der Waals surface area (Å²) in [6.45, 7) is 0.434. The quantitative estimate of drug-likeness (QED) is 0.661. The molecule has 0 saturated carbocycles. The van der Waals surface area contributed by atoms with Crippen molar-refractivity contribution in [1.82, 2.24) is 9.55 Å². The molecular formula is C11H11BN2O3. The molecule has 0 aliphatic carbocycles. The van der Waals surface area contributed by atoms with Gasteiger partial charge in [0.2, 0.25) is 0 Å². The van der Waals surface area contributed by atoms with Gasteiger partial charge in [-0.25, -0.2) is 0 Å². The van der Waals surface area contributed by atoms with Crippen LogP contribution in [0.4, 0.5) is 0 Å². The largest absolute Gasteiger partial charge is 0.488 e. The van der Waals surface area contributed by atoms with Gasteiger partial charge in [0.15, 0.2) is 0 Å². The summed E-state index contributed by atoms with van der Waals surface area (Å²) in [6, 6.07) is 6.74. The van der Waals surface area contributed by atoms with E-state index in [0.717, 1.165) is 5.56 Å². The second-order valence-electron chi connectivity index (χ2n) is 3.66. The lowest BCUT2D eigenvalue weighted by molar-refractivity contribution is 0.426. The van der Waals surface area contributed by atoms with Gasteiger partial charge in [0, 0.05) is 12.4 Å². The molecule has 0 radical (unpaired) electrons. The SMILES string of the molecule is O=c1cnccn1Cc1ccc(B(O)O)cc1. The molecule has 0 amide bonds. The van der Waals surface area contributed by atoms with Crippen molar-refractivity contribution in [2.75, 3.05) is 0 Å². The van der Waals surface area contributed by atoms with Crippen LogP contribution in [0, 0.1) is 0 Å². The highest BCUT2D eigenvalue weighted by Crippen LogP contribution is 1.99. The van der Waals surface area contributed by atoms with Gasteiger partial charge in [-0.1, -0.05) is 24.3 Å². The van der Waals surface area contributed by atoms with Crippen molar-refractivity contribution < 1.29 is 10.0 Å². The van der Waals surface area contributed by atoms with Crippen LogP contribution in [0.5, 0.6) is 0 Å². The maximum atomic E-state index is 11.4. The monoisotopic (exact) mass is 230 g/mol. The first-order valence-corrected chi connectivity index (χ1v) is 5.12. The first kappa shape index (κ1) is 11.6. The Labute approximate surface area is 98.1 Å². The summed E-state index contributed by atoms with van der Waals surface area (Å²) in [5, 5.41) is 17.9. The molecule has 86 valence electrons. The predicted octanol–water partition coefficient (Wildman–Crippen LogP) is -1.03. The number of nitrogens with zero attached hydrogens (tertiary/aromatic N) is 2. The lowest BCUT2D eigenvalue weighted by Crippen LogP contribution is -2.29. The molecule has 1 heterocycles. The minimum absolute atomic E-state index is 0.168. The summed E-state index contributed by atoms with van der Waals surface area (Å²) in [4.78, 5) is 15.1. The fraction of sp³-hybridized carbons (Fsp3) is 0.0909. The standard InChI is InChI=1S/C11H11BN2O3/c15-11-7-13-5-6-14(11)8-9-1-3-10(4-2-9)12(16)17/h1-7,16-17H,8H2. The number of hydrogen-bond donors (Lipinski definition) is 2. The second kappa shape index (κ2) is 4.94. The van der Waals surface area contributed by atoms with Crippen LogP contribution in [0.2, 0.25) is 0 Å². The van der Waals surface area contributed by atoms with E-state index in [2.05, 4.69) is 4.98 Å². The second-order valence-corrected chi connectivity index (χ2v) is 3.66. The minimum Gasteiger partial charge on any atom is -0.423 e. The average Bonchev–Trinajstić information content (AvgIpc) is 2.33. The van der Waals surface area contributed by atoms with Crippen molar-refractivity contribution in [2.24, 2.45) is 0 Å². The zero-order valence-corrected chi connectivity index (χ0v) is 9.02. The lowest BCUT2D eigenvalue weighted by atomic mass is 9.80. The van der Waals surface area contributed by atoms with Gasteiger partial charge in [0.05, 0.1) is 12.7 Å². The fourth-order valence-corrected chi connectivity index (χ4v) is 1.50. The topological polar surface area (TPSA) is 75.4 Å². The van der Waals surface area contributed by atoms with Crippen LogP contribution in [-0.2, 0) is 6.54 Å². The fourth-order valence-electron chi connectivity index (χ4n) is 1.50. The zero-order valence-electron chi connectivity index (χ0n) is 9.02. The van der Waals surface area contributed by atoms with Gasteiger partial charge in [-0.05, 0) is 11.0 Å². The molecule has 0 spiro atoms. The average molecular weight is 230 g/mol. The van der Waals surface area contributed by atoms with E-state index in [1.165, 1.54) is 10.8 Å². The molecule has 0 aliphatic heterocycles. The van der Waals surface area contributed by atoms with Gasteiger partial charge in [-0.15, -0.1) is 0 Å². The van der Waals surface area contributed by atoms with Crippen molar-refractivity contribution >= 4 is 12.6 Å². The number of aromatic nitrogens is 2. The van der Waals surface area contributed by atoms with E-state index < -0.39 is 7.12 Å². The minimum atomic E-state index is -1.47. The molecule has 0 fully saturated rings. The molecule has 0 bridgehead atoms. The van der Waals surface area contributed by atoms with Crippen molar-refractivity contribution in [3.8, 4) is 0 Å². The van der Waals surface area contributed by atoms with Crippen LogP contribution >= 0.6 is 0 Å². The summed E-state index contributed by atoms with van der Waals surface area (Å²) >= 11 is 0. The van der Waals surface area contributed by atoms with Gasteiger partial charge in [0.1, 0.15) is 0 Å². The molecule has 0 saturated heterocycles. The van der Waals surface area contributed by atoms with E-state index in [4.69, 9.17) is 10.0 Å². The normalized spacial score (nSPS) is 10.2. The Morgan fingerprint density at radius 1 is 1.24 bits per heavy atom. The lowest BCUT2D eigenvalue weighted by Gasteiger charge is -2.05. The van der Waals surface area contributed by atoms with Gasteiger partial charge in [0.25, 0.3) is 5.56 Å². The maximum Gasteiger partial charge on any atom is 0.488 e. The Morgan fingerprint density at radius 2 is 1.94 bits per heavy atom. The van der Waals surface area contributed by atoms with Gasteiger partial charge < -0.3 is 14.6 Å². The summed E-state index contributed by atoms with van der Waals surface area (Å²) < 4.78 is 1.53. The van der Waals surface area contributed by atoms with E-state index in [-0.39, 0.29) is 5.56 Å². The molecule has 2 rings (SSSR count). The smallest absolute Gasteiger partial charge is 0.423 e. The summed E-state index contributed by atoms with van der Waals surface area (Å²) in [5.41, 5.74) is 1.16. The van der Waals surface area contributed by atoms with Gasteiger partial charge in [-0.2, -0.15) is 0 Å². The molecule has 1 aromatic carbocycles. The van der Waals surface area contributed by atoms with Gasteiger partial charge >= 0.3 is 7.12 Å². The first-order chi connectivity index (χ1) is 8.16. The third kappa shape index (κ3) is 2.80. The third-order valence-corrected chi connectivity index (χ3v) is 2.43. The Morgan fingerprint density at radius 3 is 2.53 bits per heavy atom. The van der Waals surface area contributed by atoms with Crippen LogP contribution in [-0.4, -0.2) is 26.7 Å². The molecular weight excluding hydrogens is 219 g/mol. The molecule has 0 atom stereocenters. The Bertz CT molecular complexity index is 551. The molecule has 2 N–H and O–H groups in total. The number of benzene rings is 1. The van der Waals surface area contributed by atoms with E-state index in [9.17, 15) is 4.79 Å². The van der Waals surface area contributed by atoms with E-state index >= 15 is 0 Å². The van der Waals surface area contributed by atoms with E-state index in [0.29, 0.717) is 12.0 Å². The third-order valence-electron chi connectivity index (χ3n) is 2.43. The van der Waals surface area contributed by atoms with Crippen molar-refractivity contribution in [3.63, 3.8) is 0 Å². The zero-order chi connectivity index (χ0) is 12.3. The summed E-state index contributed by atoms with van der Waals surface area (Å²) in [5.74, 6) is 0. The highest BCUT2D eigenvalue weighted by molar-refractivity contribution is 6.58. The Balaban J connectivity index is 2.20. The van der Waals surface area contributed by atoms with Crippen LogP contribution in [0.1, 0.15) is 5.56 Å². The maximum absolute atomic E-state index is 11.4. The van der Waals surface area contributed by atoms with Gasteiger partial charge in [-0.3, -0.25) is 9.78 Å². The molecule has 5 nitrogen and oxygen atoms in total. The van der Waals surface area contributed by atoms with E-state index in [1.54, 1.807) is 36.7 Å². The highest BCUT2D eigenvalue weighted by Gasteiger charge is 2.09. The molecule has 0 aliphatic rings. The first-order valence-electron chi connectivity index (χ1n) is 5.12. The summed E-state index contributed by atoms with van der Waals surface area (Å²) in [7, 11) is -1.47. The van der Waals surface area contributed by atoms with Crippen molar-refractivity contribution in [2.45, 2.75) is 6.54 Å². The van der Waals surface area contributed by atoms with Crippen LogP contribution in [0.15, 0.2) is 47.7 Å². The molecule has 2 aromatic rings. The van der Waals surface area contributed by atoms with Crippen molar-refractivity contribution in [3.05, 3.63) is 58.8 Å². The molecule has 0 unspecified atom stereocenters. The summed E-state index contributed by atoms with van der Waals surface area (Å²) in [6.07, 6.45) is 4.41. The molecule has 1 aromatic heterocycles. The Kier molecular flexibility index (Phi) is 3.36. The number of rotatable bonds is 3. The van der Waals surface area contributed by atoms with E-state index in [1.807, 2.05) is 0 Å². The molecule has 17 heavy (non-hydrogen) atoms. The van der Waals surface area contributed by atoms with Crippen LogP contribution < -0.4 is 11.0 Å². The van der Waals surface area contributed by atoms with Crippen LogP contribution in [0.25, 0.3) is 0 Å². The number of hydrogen-bond acceptors (Lipinski definition) is 4. The van der Waals surface area contributed by atoms with Crippen LogP contribution in [0.3, 0.4) is 0 Å². The Hall–Kier alpha value is -1.92.